The van der Waals surface area contributed by atoms with Gasteiger partial charge in [0, 0.05) is 32.1 Å². The number of carbonyl (C=O) groups is 1. The third-order valence-electron chi connectivity index (χ3n) is 6.06. The third kappa shape index (κ3) is 4.15. The Bertz CT molecular complexity index is 732. The lowest BCUT2D eigenvalue weighted by atomic mass is 9.91. The molecule has 4 rings (SSSR count). The van der Waals surface area contributed by atoms with Gasteiger partial charge in [-0.2, -0.15) is 0 Å². The normalized spacial score (nSPS) is 19.2. The molecule has 5 nitrogen and oxygen atoms in total. The van der Waals surface area contributed by atoms with Crippen LogP contribution in [-0.2, 0) is 4.79 Å². The van der Waals surface area contributed by atoms with Gasteiger partial charge in [-0.25, -0.2) is 0 Å². The number of hydrogen-bond acceptors (Lipinski definition) is 5. The Labute approximate surface area is 165 Å². The first-order valence-electron chi connectivity index (χ1n) is 10.1. The Morgan fingerprint density at radius 3 is 2.48 bits per heavy atom. The van der Waals surface area contributed by atoms with Crippen molar-refractivity contribution < 1.29 is 4.79 Å². The minimum absolute atomic E-state index is 0.159. The fourth-order valence-electron chi connectivity index (χ4n) is 4.34. The second-order valence-electron chi connectivity index (χ2n) is 7.76. The molecule has 2 fully saturated rings. The van der Waals surface area contributed by atoms with E-state index >= 15 is 0 Å². The van der Waals surface area contributed by atoms with Crippen molar-refractivity contribution in [1.29, 1.82) is 0 Å². The van der Waals surface area contributed by atoms with Gasteiger partial charge in [0.05, 0.1) is 4.88 Å². The molecule has 1 saturated carbocycles. The average molecular weight is 385 g/mol. The minimum Gasteiger partial charge on any atom is -0.355 e. The van der Waals surface area contributed by atoms with Crippen LogP contribution in [-0.4, -0.2) is 47.2 Å². The molecule has 0 atom stereocenters. The highest BCUT2D eigenvalue weighted by molar-refractivity contribution is 7.13. The number of aromatic nitrogens is 2. The second kappa shape index (κ2) is 8.38. The number of carbonyl (C=O) groups excluding carboxylic acids is 1. The first-order valence-corrected chi connectivity index (χ1v) is 11.0. The van der Waals surface area contributed by atoms with Gasteiger partial charge in [0.2, 0.25) is 5.91 Å². The zero-order valence-corrected chi connectivity index (χ0v) is 16.8. The summed E-state index contributed by atoms with van der Waals surface area (Å²) in [6, 6.07) is 8.65. The van der Waals surface area contributed by atoms with Crippen LogP contribution in [0, 0.1) is 5.92 Å². The number of amides is 1. The Kier molecular flexibility index (Phi) is 5.72. The lowest BCUT2D eigenvalue weighted by molar-refractivity contribution is -0.137. The number of hydrogen-bond donors (Lipinski definition) is 0. The predicted octanol–water partition coefficient (Wildman–Crippen LogP) is 4.21. The molecule has 0 spiro atoms. The molecule has 144 valence electrons. The summed E-state index contributed by atoms with van der Waals surface area (Å²) in [5.74, 6) is 1.43. The second-order valence-corrected chi connectivity index (χ2v) is 8.70. The molecule has 27 heavy (non-hydrogen) atoms. The van der Waals surface area contributed by atoms with Gasteiger partial charge in [-0.1, -0.05) is 25.3 Å². The van der Waals surface area contributed by atoms with Crippen molar-refractivity contribution in [2.24, 2.45) is 5.92 Å². The summed E-state index contributed by atoms with van der Waals surface area (Å²) in [6.45, 7) is 1.75. The zero-order valence-electron chi connectivity index (χ0n) is 16.0. The molecule has 2 aromatic heterocycles. The van der Waals surface area contributed by atoms with E-state index in [-0.39, 0.29) is 5.92 Å². The van der Waals surface area contributed by atoms with Gasteiger partial charge in [0.1, 0.15) is 5.69 Å². The fourth-order valence-corrected chi connectivity index (χ4v) is 5.03. The van der Waals surface area contributed by atoms with Gasteiger partial charge in [0.15, 0.2) is 5.82 Å². The number of nitrogens with zero attached hydrogens (tertiary/aromatic N) is 4. The molecule has 0 N–H and O–H groups in total. The van der Waals surface area contributed by atoms with Crippen LogP contribution in [0.15, 0.2) is 29.6 Å². The van der Waals surface area contributed by atoms with Gasteiger partial charge in [-0.3, -0.25) is 4.79 Å². The van der Waals surface area contributed by atoms with Gasteiger partial charge in [-0.15, -0.1) is 21.5 Å². The molecule has 1 amide bonds. The largest absolute Gasteiger partial charge is 0.355 e. The summed E-state index contributed by atoms with van der Waals surface area (Å²) in [4.78, 5) is 18.4. The summed E-state index contributed by atoms with van der Waals surface area (Å²) >= 11 is 1.68. The highest BCUT2D eigenvalue weighted by atomic mass is 32.1. The molecule has 1 aliphatic carbocycles. The lowest BCUT2D eigenvalue weighted by Gasteiger charge is -2.37. The molecule has 1 aliphatic heterocycles. The van der Waals surface area contributed by atoms with E-state index in [1.807, 2.05) is 19.2 Å². The Morgan fingerprint density at radius 2 is 1.85 bits per heavy atom. The summed E-state index contributed by atoms with van der Waals surface area (Å²) in [5, 5.41) is 10.9. The van der Waals surface area contributed by atoms with E-state index in [1.54, 1.807) is 11.3 Å². The van der Waals surface area contributed by atoms with Crippen molar-refractivity contribution in [2.75, 3.05) is 25.0 Å². The maximum absolute atomic E-state index is 12.9. The SMILES string of the molecule is CN(C(=O)C1CCN(c2ccc(-c3cccs3)nn2)CC1)C1CCCCC1. The van der Waals surface area contributed by atoms with Crippen molar-refractivity contribution in [1.82, 2.24) is 15.1 Å². The zero-order chi connectivity index (χ0) is 18.6. The van der Waals surface area contributed by atoms with E-state index in [1.165, 1.54) is 32.1 Å². The molecule has 0 unspecified atom stereocenters. The van der Waals surface area contributed by atoms with Gasteiger partial charge in [-0.05, 0) is 49.3 Å². The van der Waals surface area contributed by atoms with Crippen molar-refractivity contribution in [2.45, 2.75) is 51.0 Å². The van der Waals surface area contributed by atoms with Crippen LogP contribution in [0.5, 0.6) is 0 Å². The molecule has 0 radical (unpaired) electrons. The predicted molar refractivity (Wildman–Crippen MR) is 110 cm³/mol. The maximum Gasteiger partial charge on any atom is 0.225 e. The molecule has 2 aliphatic rings. The van der Waals surface area contributed by atoms with Crippen LogP contribution in [0.25, 0.3) is 10.6 Å². The van der Waals surface area contributed by atoms with E-state index in [0.717, 1.165) is 42.3 Å². The van der Waals surface area contributed by atoms with Crippen molar-refractivity contribution in [3.05, 3.63) is 29.6 Å². The topological polar surface area (TPSA) is 49.3 Å². The first-order chi connectivity index (χ1) is 13.2. The van der Waals surface area contributed by atoms with E-state index < -0.39 is 0 Å². The molecule has 3 heterocycles. The highest BCUT2D eigenvalue weighted by Gasteiger charge is 2.31. The van der Waals surface area contributed by atoms with E-state index in [9.17, 15) is 4.79 Å². The van der Waals surface area contributed by atoms with Gasteiger partial charge >= 0.3 is 0 Å². The number of thiophene rings is 1. The monoisotopic (exact) mass is 384 g/mol. The molecule has 6 heteroatoms. The van der Waals surface area contributed by atoms with Crippen LogP contribution >= 0.6 is 11.3 Å². The highest BCUT2D eigenvalue weighted by Crippen LogP contribution is 2.28. The smallest absolute Gasteiger partial charge is 0.225 e. The van der Waals surface area contributed by atoms with E-state index in [2.05, 4.69) is 37.5 Å². The lowest BCUT2D eigenvalue weighted by Crippen LogP contribution is -2.45. The van der Waals surface area contributed by atoms with Crippen molar-refractivity contribution >= 4 is 23.1 Å². The van der Waals surface area contributed by atoms with Crippen molar-refractivity contribution in [3.8, 4) is 10.6 Å². The number of anilines is 1. The molecular weight excluding hydrogens is 356 g/mol. The van der Waals surface area contributed by atoms with Gasteiger partial charge < -0.3 is 9.80 Å². The average Bonchev–Trinajstić information content (AvgIpc) is 3.28. The quantitative estimate of drug-likeness (QED) is 0.792. The standard InChI is InChI=1S/C21H28N4OS/c1-24(17-6-3-2-4-7-17)21(26)16-11-13-25(14-12-16)20-10-9-18(22-23-20)19-8-5-15-27-19/h5,8-10,15-17H,2-4,6-7,11-14H2,1H3. The van der Waals surface area contributed by atoms with Crippen LogP contribution < -0.4 is 4.90 Å². The molecular formula is C21H28N4OS. The Hall–Kier alpha value is -1.95. The van der Waals surface area contributed by atoms with Crippen LogP contribution in [0.4, 0.5) is 5.82 Å². The molecule has 1 saturated heterocycles. The number of rotatable bonds is 4. The van der Waals surface area contributed by atoms with E-state index in [4.69, 9.17) is 0 Å². The number of piperidine rings is 1. The van der Waals surface area contributed by atoms with Crippen LogP contribution in [0.1, 0.15) is 44.9 Å². The first kappa shape index (κ1) is 18.4. The van der Waals surface area contributed by atoms with Crippen molar-refractivity contribution in [3.63, 3.8) is 0 Å². The molecule has 0 bridgehead atoms. The summed E-state index contributed by atoms with van der Waals surface area (Å²) in [7, 11) is 2.01. The Morgan fingerprint density at radius 1 is 1.07 bits per heavy atom. The van der Waals surface area contributed by atoms with Crippen LogP contribution in [0.2, 0.25) is 0 Å². The fraction of sp³-hybridized carbons (Fsp3) is 0.571. The Balaban J connectivity index is 1.32. The summed E-state index contributed by atoms with van der Waals surface area (Å²) in [6.07, 6.45) is 8.01. The molecule has 0 aromatic carbocycles. The van der Waals surface area contributed by atoms with Gasteiger partial charge in [0.25, 0.3) is 0 Å². The maximum atomic E-state index is 12.9. The summed E-state index contributed by atoms with van der Waals surface area (Å²) in [5.41, 5.74) is 0.924. The van der Waals surface area contributed by atoms with Crippen LogP contribution in [0.3, 0.4) is 0 Å². The van der Waals surface area contributed by atoms with E-state index in [0.29, 0.717) is 11.9 Å². The molecule has 2 aromatic rings. The third-order valence-corrected chi connectivity index (χ3v) is 6.95. The summed E-state index contributed by atoms with van der Waals surface area (Å²) < 4.78 is 0. The minimum atomic E-state index is 0.159.